The molecule has 35 heavy (non-hydrogen) atoms. The van der Waals surface area contributed by atoms with E-state index in [4.69, 9.17) is 24.7 Å². The fourth-order valence-electron chi connectivity index (χ4n) is 4.60. The molecule has 1 aromatic heterocycles. The maximum absolute atomic E-state index is 12.6. The first-order valence-electron chi connectivity index (χ1n) is 11.5. The number of fused-ring (bicyclic) bond motifs is 2. The first kappa shape index (κ1) is 23.2. The van der Waals surface area contributed by atoms with Crippen LogP contribution in [0.25, 0.3) is 0 Å². The van der Waals surface area contributed by atoms with Gasteiger partial charge in [0, 0.05) is 17.7 Å². The van der Waals surface area contributed by atoms with E-state index in [0.29, 0.717) is 24.3 Å². The monoisotopic (exact) mass is 477 g/mol. The van der Waals surface area contributed by atoms with Gasteiger partial charge in [-0.15, -0.1) is 0 Å². The lowest BCUT2D eigenvalue weighted by molar-refractivity contribution is -0.187. The summed E-state index contributed by atoms with van der Waals surface area (Å²) in [5, 5.41) is 0. The second kappa shape index (κ2) is 9.61. The first-order valence-corrected chi connectivity index (χ1v) is 11.5. The van der Waals surface area contributed by atoms with Crippen LogP contribution in [0.5, 0.6) is 0 Å². The molecule has 4 atom stereocenters. The number of hydrogen-bond donors (Lipinski definition) is 1. The Bertz CT molecular complexity index is 1250. The van der Waals surface area contributed by atoms with Gasteiger partial charge in [0.25, 0.3) is 0 Å². The second-order valence-electron chi connectivity index (χ2n) is 8.90. The quantitative estimate of drug-likeness (QED) is 0.492. The van der Waals surface area contributed by atoms with E-state index in [9.17, 15) is 9.59 Å². The van der Waals surface area contributed by atoms with Crippen LogP contribution in [0.15, 0.2) is 71.7 Å². The van der Waals surface area contributed by atoms with Crippen molar-refractivity contribution in [2.75, 3.05) is 25.6 Å². The number of carbonyl (C=O) groups excluding carboxylic acids is 1. The van der Waals surface area contributed by atoms with Crippen LogP contribution in [0.1, 0.15) is 27.7 Å². The van der Waals surface area contributed by atoms with Crippen molar-refractivity contribution in [3.63, 3.8) is 0 Å². The summed E-state index contributed by atoms with van der Waals surface area (Å²) in [6.45, 7) is 2.66. The van der Waals surface area contributed by atoms with E-state index in [-0.39, 0.29) is 24.9 Å². The summed E-state index contributed by atoms with van der Waals surface area (Å²) in [6.07, 6.45) is 0.387. The third-order valence-electron chi connectivity index (χ3n) is 6.54. The molecule has 5 rings (SSSR count). The Balaban J connectivity index is 1.37. The summed E-state index contributed by atoms with van der Waals surface area (Å²) in [4.78, 5) is 29.2. The van der Waals surface area contributed by atoms with Crippen LogP contribution in [0.3, 0.4) is 0 Å². The molecule has 9 heteroatoms. The van der Waals surface area contributed by atoms with E-state index in [2.05, 4.69) is 4.98 Å². The average Bonchev–Trinajstić information content (AvgIpc) is 3.38. The molecule has 2 aromatic carbocycles. The number of anilines is 1. The second-order valence-corrected chi connectivity index (χ2v) is 8.90. The van der Waals surface area contributed by atoms with Gasteiger partial charge in [-0.1, -0.05) is 48.5 Å². The fourth-order valence-corrected chi connectivity index (χ4v) is 4.60. The highest BCUT2D eigenvalue weighted by Gasteiger charge is 2.63. The zero-order chi connectivity index (χ0) is 24.4. The summed E-state index contributed by atoms with van der Waals surface area (Å²) in [6, 6.07) is 18.6. The molecular formula is C26H27N3O6. The lowest BCUT2D eigenvalue weighted by Crippen LogP contribution is -2.45. The molecule has 0 aliphatic carbocycles. The van der Waals surface area contributed by atoms with Crippen LogP contribution < -0.4 is 11.4 Å². The van der Waals surface area contributed by atoms with Crippen LogP contribution in [0, 0.1) is 12.8 Å². The Labute approximate surface area is 202 Å². The van der Waals surface area contributed by atoms with E-state index in [1.807, 2.05) is 36.4 Å². The molecule has 182 valence electrons. The standard InChI is InChI=1S/C26H27N3O6/c1-17-12-29(25(31)28-22(17)27)23-21-20(14-32-13-18-8-4-2-5-9-18)26(35-23,15-33-21)16-34-24(30)19-10-6-3-7-11-19/h2-12,20-21,23H,13-16H2,1H3,(H2,27,28,31)/t20?,21?,23-,26-/m1/s1. The van der Waals surface area contributed by atoms with Crippen molar-refractivity contribution in [2.24, 2.45) is 5.92 Å². The molecule has 0 spiro atoms. The minimum atomic E-state index is -0.967. The van der Waals surface area contributed by atoms with Gasteiger partial charge in [0.2, 0.25) is 0 Å². The number of aromatic nitrogens is 2. The molecule has 2 bridgehead atoms. The van der Waals surface area contributed by atoms with Gasteiger partial charge in [-0.25, -0.2) is 9.59 Å². The number of carbonyl (C=O) groups is 1. The van der Waals surface area contributed by atoms with Crippen molar-refractivity contribution in [1.29, 1.82) is 0 Å². The van der Waals surface area contributed by atoms with Gasteiger partial charge < -0.3 is 24.7 Å². The third kappa shape index (κ3) is 4.58. The predicted molar refractivity (Wildman–Crippen MR) is 127 cm³/mol. The Morgan fingerprint density at radius 1 is 1.17 bits per heavy atom. The molecule has 2 aliphatic heterocycles. The summed E-state index contributed by atoms with van der Waals surface area (Å²) in [7, 11) is 0. The average molecular weight is 478 g/mol. The largest absolute Gasteiger partial charge is 0.459 e. The minimum absolute atomic E-state index is 0.0385. The molecule has 9 nitrogen and oxygen atoms in total. The molecule has 3 heterocycles. The van der Waals surface area contributed by atoms with Gasteiger partial charge in [0.15, 0.2) is 6.23 Å². The van der Waals surface area contributed by atoms with Gasteiger partial charge in [0.05, 0.1) is 25.4 Å². The molecule has 0 amide bonds. The van der Waals surface area contributed by atoms with Gasteiger partial charge >= 0.3 is 11.7 Å². The van der Waals surface area contributed by atoms with E-state index >= 15 is 0 Å². The van der Waals surface area contributed by atoms with Crippen LogP contribution in [-0.2, 0) is 25.6 Å². The number of rotatable bonds is 8. The van der Waals surface area contributed by atoms with Gasteiger partial charge in [-0.3, -0.25) is 4.57 Å². The molecule has 2 unspecified atom stereocenters. The van der Waals surface area contributed by atoms with Crippen LogP contribution in [-0.4, -0.2) is 47.0 Å². The SMILES string of the molecule is Cc1cn([C@@H]2O[C@@]3(COC(=O)c4ccccc4)COC2C3COCc2ccccc2)c(=O)nc1N. The molecule has 0 saturated carbocycles. The van der Waals surface area contributed by atoms with Crippen molar-refractivity contribution in [2.45, 2.75) is 31.5 Å². The number of aryl methyl sites for hydroxylation is 1. The number of ether oxygens (including phenoxy) is 4. The smallest absolute Gasteiger partial charge is 0.351 e. The molecule has 2 saturated heterocycles. The number of esters is 1. The maximum Gasteiger partial charge on any atom is 0.351 e. The number of benzene rings is 2. The highest BCUT2D eigenvalue weighted by Crippen LogP contribution is 2.49. The van der Waals surface area contributed by atoms with Crippen LogP contribution >= 0.6 is 0 Å². The van der Waals surface area contributed by atoms with Crippen LogP contribution in [0.2, 0.25) is 0 Å². The van der Waals surface area contributed by atoms with Crippen molar-refractivity contribution < 1.29 is 23.7 Å². The number of nitrogens with zero attached hydrogens (tertiary/aromatic N) is 2. The molecule has 2 aliphatic rings. The lowest BCUT2D eigenvalue weighted by Gasteiger charge is -2.31. The topological polar surface area (TPSA) is 115 Å². The number of nitrogen functional groups attached to an aromatic ring is 1. The normalized spacial score (nSPS) is 25.0. The van der Waals surface area contributed by atoms with E-state index < -0.39 is 29.6 Å². The molecular weight excluding hydrogens is 450 g/mol. The van der Waals surface area contributed by atoms with Crippen molar-refractivity contribution >= 4 is 11.8 Å². The van der Waals surface area contributed by atoms with Gasteiger partial charge in [-0.2, -0.15) is 4.98 Å². The molecule has 2 fully saturated rings. The van der Waals surface area contributed by atoms with Crippen molar-refractivity contribution in [3.05, 3.63) is 94.0 Å². The molecule has 2 N–H and O–H groups in total. The number of hydrogen-bond acceptors (Lipinski definition) is 8. The van der Waals surface area contributed by atoms with Crippen molar-refractivity contribution in [1.82, 2.24) is 9.55 Å². The van der Waals surface area contributed by atoms with E-state index in [1.165, 1.54) is 4.57 Å². The zero-order valence-electron chi connectivity index (χ0n) is 19.3. The summed E-state index contributed by atoms with van der Waals surface area (Å²) >= 11 is 0. The maximum atomic E-state index is 12.6. The third-order valence-corrected chi connectivity index (χ3v) is 6.54. The number of nitrogens with two attached hydrogens (primary N) is 1. The van der Waals surface area contributed by atoms with E-state index in [1.54, 1.807) is 37.4 Å². The zero-order valence-corrected chi connectivity index (χ0v) is 19.3. The Kier molecular flexibility index (Phi) is 6.38. The minimum Gasteiger partial charge on any atom is -0.459 e. The molecule has 3 aromatic rings. The summed E-state index contributed by atoms with van der Waals surface area (Å²) in [5.74, 6) is -0.560. The fraction of sp³-hybridized carbons (Fsp3) is 0.346. The summed E-state index contributed by atoms with van der Waals surface area (Å²) in [5.41, 5.74) is 6.43. The van der Waals surface area contributed by atoms with Crippen LogP contribution in [0.4, 0.5) is 5.82 Å². The predicted octanol–water partition coefficient (Wildman–Crippen LogP) is 2.49. The Morgan fingerprint density at radius 2 is 1.89 bits per heavy atom. The Hall–Kier alpha value is -3.53. The van der Waals surface area contributed by atoms with Crippen molar-refractivity contribution in [3.8, 4) is 0 Å². The lowest BCUT2D eigenvalue weighted by atomic mass is 9.90. The van der Waals surface area contributed by atoms with Gasteiger partial charge in [-0.05, 0) is 24.6 Å². The van der Waals surface area contributed by atoms with E-state index in [0.717, 1.165) is 5.56 Å². The highest BCUT2D eigenvalue weighted by molar-refractivity contribution is 5.89. The highest BCUT2D eigenvalue weighted by atomic mass is 16.6. The first-order chi connectivity index (χ1) is 17.0. The summed E-state index contributed by atoms with van der Waals surface area (Å²) < 4.78 is 25.6. The molecule has 0 radical (unpaired) electrons. The van der Waals surface area contributed by atoms with Gasteiger partial charge in [0.1, 0.15) is 24.1 Å². The Morgan fingerprint density at radius 3 is 2.63 bits per heavy atom.